The van der Waals surface area contributed by atoms with Crippen LogP contribution in [0, 0.1) is 0 Å². The third-order valence-corrected chi connectivity index (χ3v) is 3.28. The van der Waals surface area contributed by atoms with Gasteiger partial charge < -0.3 is 12.4 Å². The average molecular weight is 273 g/mol. The molecule has 0 atom stereocenters. The molecule has 0 radical (unpaired) electrons. The van der Waals surface area contributed by atoms with Crippen LogP contribution in [0.25, 0.3) is 0 Å². The minimum absolute atomic E-state index is 0. The number of imidazole rings is 1. The van der Waals surface area contributed by atoms with Crippen LogP contribution in [0.2, 0.25) is 0 Å². The predicted molar refractivity (Wildman–Crippen MR) is 73.1 cm³/mol. The molecule has 1 heterocycles. The van der Waals surface area contributed by atoms with E-state index in [4.69, 9.17) is 0 Å². The molecule has 1 rings (SSSR count). The molecule has 0 N–H and O–H groups in total. The number of hydrogen-bond acceptors (Lipinski definition) is 0. The number of nitrogens with zero attached hydrogens (tertiary/aromatic N) is 2. The van der Waals surface area contributed by atoms with Crippen molar-refractivity contribution in [1.29, 1.82) is 0 Å². The maximum atomic E-state index is 2.47. The summed E-state index contributed by atoms with van der Waals surface area (Å²) in [5.41, 5.74) is 1.52. The second-order valence-corrected chi connectivity index (χ2v) is 4.98. The smallest absolute Gasteiger partial charge is 0.243 e. The van der Waals surface area contributed by atoms with Gasteiger partial charge in [0.05, 0.1) is 13.1 Å². The van der Waals surface area contributed by atoms with E-state index >= 15 is 0 Å². The Morgan fingerprint density at radius 3 is 2.28 bits per heavy atom. The fourth-order valence-electron chi connectivity index (χ4n) is 2.11. The molecule has 0 saturated carbocycles. The summed E-state index contributed by atoms with van der Waals surface area (Å²) in [6.07, 6.45) is 13.6. The second kappa shape index (κ2) is 10.4. The lowest BCUT2D eigenvalue weighted by molar-refractivity contribution is -0.703. The van der Waals surface area contributed by atoms with Gasteiger partial charge in [-0.05, 0) is 19.3 Å². The van der Waals surface area contributed by atoms with Crippen LogP contribution in [-0.4, -0.2) is 4.57 Å². The van der Waals surface area contributed by atoms with Gasteiger partial charge in [0.1, 0.15) is 11.9 Å². The Hall–Kier alpha value is -0.500. The predicted octanol–water partition coefficient (Wildman–Crippen LogP) is 0.722. The normalized spacial score (nSPS) is 10.4. The van der Waals surface area contributed by atoms with Crippen molar-refractivity contribution in [2.45, 2.75) is 78.8 Å². The van der Waals surface area contributed by atoms with Gasteiger partial charge in [0, 0.05) is 6.42 Å². The van der Waals surface area contributed by atoms with Crippen molar-refractivity contribution in [1.82, 2.24) is 4.57 Å². The lowest BCUT2D eigenvalue weighted by Gasteiger charge is -1.99. The van der Waals surface area contributed by atoms with E-state index in [2.05, 4.69) is 42.4 Å². The van der Waals surface area contributed by atoms with Crippen LogP contribution in [0.5, 0.6) is 0 Å². The summed E-state index contributed by atoms with van der Waals surface area (Å²) in [5.74, 6) is 0. The molecule has 0 spiro atoms. The molecule has 0 aliphatic rings. The third-order valence-electron chi connectivity index (χ3n) is 3.28. The highest BCUT2D eigenvalue weighted by Gasteiger charge is 2.12. The highest BCUT2D eigenvalue weighted by atomic mass is 35.5. The van der Waals surface area contributed by atoms with Crippen molar-refractivity contribution in [2.24, 2.45) is 0 Å². The first-order valence-electron chi connectivity index (χ1n) is 7.39. The van der Waals surface area contributed by atoms with Gasteiger partial charge in [-0.3, -0.25) is 0 Å². The summed E-state index contributed by atoms with van der Waals surface area (Å²) in [6, 6.07) is 0. The molecule has 0 aliphatic carbocycles. The molecule has 0 amide bonds. The zero-order valence-corrected chi connectivity index (χ0v) is 13.0. The van der Waals surface area contributed by atoms with Crippen LogP contribution >= 0.6 is 0 Å². The van der Waals surface area contributed by atoms with Crippen molar-refractivity contribution in [3.8, 4) is 0 Å². The van der Waals surface area contributed by atoms with E-state index in [1.165, 1.54) is 63.7 Å². The summed E-state index contributed by atoms with van der Waals surface area (Å²) in [7, 11) is 0. The average Bonchev–Trinajstić information content (AvgIpc) is 2.73. The lowest BCUT2D eigenvalue weighted by Crippen LogP contribution is -3.00. The first-order valence-corrected chi connectivity index (χ1v) is 7.39. The number of rotatable bonds is 9. The van der Waals surface area contributed by atoms with E-state index in [0.717, 1.165) is 0 Å². The molecule has 106 valence electrons. The molecule has 0 bridgehead atoms. The zero-order valence-electron chi connectivity index (χ0n) is 12.3. The Morgan fingerprint density at radius 2 is 1.67 bits per heavy atom. The molecule has 18 heavy (non-hydrogen) atoms. The Morgan fingerprint density at radius 1 is 1.00 bits per heavy atom. The van der Waals surface area contributed by atoms with E-state index in [1.807, 2.05) is 0 Å². The molecule has 0 aliphatic heterocycles. The van der Waals surface area contributed by atoms with Gasteiger partial charge >= 0.3 is 0 Å². The van der Waals surface area contributed by atoms with Crippen LogP contribution in [0.1, 0.15) is 65.0 Å². The highest BCUT2D eigenvalue weighted by Crippen LogP contribution is 2.03. The molecule has 2 nitrogen and oxygen atoms in total. The minimum Gasteiger partial charge on any atom is -1.00 e. The van der Waals surface area contributed by atoms with Crippen LogP contribution in [0.3, 0.4) is 0 Å². The van der Waals surface area contributed by atoms with E-state index in [9.17, 15) is 0 Å². The summed E-state index contributed by atoms with van der Waals surface area (Å²) in [4.78, 5) is 0. The van der Waals surface area contributed by atoms with Gasteiger partial charge in [0.15, 0.2) is 0 Å². The van der Waals surface area contributed by atoms with Crippen molar-refractivity contribution in [3.63, 3.8) is 0 Å². The number of halogens is 1. The Kier molecular flexibility index (Phi) is 10.1. The Bertz CT molecular complexity index is 282. The quantitative estimate of drug-likeness (QED) is 0.586. The lowest BCUT2D eigenvalue weighted by atomic mass is 10.2. The molecule has 1 aromatic rings. The van der Waals surface area contributed by atoms with Gasteiger partial charge in [-0.1, -0.05) is 40.0 Å². The summed E-state index contributed by atoms with van der Waals surface area (Å²) >= 11 is 0. The fourth-order valence-corrected chi connectivity index (χ4v) is 2.11. The number of unbranched alkanes of at least 4 members (excludes halogenated alkanes) is 3. The van der Waals surface area contributed by atoms with Crippen LogP contribution in [0.15, 0.2) is 12.5 Å². The highest BCUT2D eigenvalue weighted by molar-refractivity contribution is 4.89. The maximum absolute atomic E-state index is 2.47. The van der Waals surface area contributed by atoms with Gasteiger partial charge in [-0.2, -0.15) is 0 Å². The third kappa shape index (κ3) is 5.90. The van der Waals surface area contributed by atoms with Crippen LogP contribution in [-0.2, 0) is 19.5 Å². The van der Waals surface area contributed by atoms with Crippen molar-refractivity contribution in [2.75, 3.05) is 0 Å². The molecular weight excluding hydrogens is 244 g/mol. The van der Waals surface area contributed by atoms with E-state index in [0.29, 0.717) is 0 Å². The van der Waals surface area contributed by atoms with Crippen LogP contribution in [0.4, 0.5) is 0 Å². The number of aromatic nitrogens is 2. The fraction of sp³-hybridized carbons (Fsp3) is 0.800. The Labute approximate surface area is 119 Å². The van der Waals surface area contributed by atoms with E-state index in [-0.39, 0.29) is 12.4 Å². The summed E-state index contributed by atoms with van der Waals surface area (Å²) in [6.45, 7) is 9.15. The van der Waals surface area contributed by atoms with Gasteiger partial charge in [-0.15, -0.1) is 0 Å². The maximum Gasteiger partial charge on any atom is 0.243 e. The number of hydrogen-bond donors (Lipinski definition) is 0. The molecule has 0 fully saturated rings. The molecule has 3 heteroatoms. The molecular formula is C15H29ClN2. The van der Waals surface area contributed by atoms with E-state index in [1.54, 1.807) is 0 Å². The molecule has 0 unspecified atom stereocenters. The molecule has 0 aromatic carbocycles. The van der Waals surface area contributed by atoms with E-state index < -0.39 is 0 Å². The van der Waals surface area contributed by atoms with Crippen molar-refractivity contribution < 1.29 is 17.0 Å². The zero-order chi connectivity index (χ0) is 12.5. The SMILES string of the molecule is CCCCc1cn(CCCC)c[n+]1CCCC.[Cl-]. The molecule has 0 saturated heterocycles. The Balaban J connectivity index is 0.00000289. The van der Waals surface area contributed by atoms with Gasteiger partial charge in [0.2, 0.25) is 6.33 Å². The second-order valence-electron chi connectivity index (χ2n) is 4.98. The standard InChI is InChI=1S/C15H29N2.ClH/c1-4-7-10-15-13-16(11-8-5-2)14-17(15)12-9-6-3;/h13-14H,4-12H2,1-3H3;1H/q+1;/p-1. The van der Waals surface area contributed by atoms with Crippen LogP contribution < -0.4 is 17.0 Å². The summed E-state index contributed by atoms with van der Waals surface area (Å²) in [5, 5.41) is 0. The molecule has 1 aromatic heterocycles. The minimum atomic E-state index is 0. The number of aryl methyl sites for hydroxylation is 3. The summed E-state index contributed by atoms with van der Waals surface area (Å²) < 4.78 is 4.85. The topological polar surface area (TPSA) is 8.81 Å². The van der Waals surface area contributed by atoms with Crippen molar-refractivity contribution >= 4 is 0 Å². The monoisotopic (exact) mass is 272 g/mol. The van der Waals surface area contributed by atoms with Gasteiger partial charge in [-0.25, -0.2) is 9.13 Å². The van der Waals surface area contributed by atoms with Gasteiger partial charge in [0.25, 0.3) is 0 Å². The van der Waals surface area contributed by atoms with Crippen molar-refractivity contribution in [3.05, 3.63) is 18.2 Å². The first-order chi connectivity index (χ1) is 8.31. The largest absolute Gasteiger partial charge is 1.00 e. The first kappa shape index (κ1) is 17.5.